The number of hydrogen-bond acceptors (Lipinski definition) is 7. The lowest BCUT2D eigenvalue weighted by Crippen LogP contribution is -2.48. The van der Waals surface area contributed by atoms with E-state index in [2.05, 4.69) is 31.8 Å². The van der Waals surface area contributed by atoms with E-state index < -0.39 is 0 Å². The van der Waals surface area contributed by atoms with Crippen LogP contribution in [0.4, 0.5) is 5.95 Å². The summed E-state index contributed by atoms with van der Waals surface area (Å²) in [5.41, 5.74) is 1.63. The number of carbonyl (C=O) groups is 1. The molecule has 0 radical (unpaired) electrons. The summed E-state index contributed by atoms with van der Waals surface area (Å²) < 4.78 is 2.14. The van der Waals surface area contributed by atoms with Crippen LogP contribution in [0, 0.1) is 5.92 Å². The molecule has 1 amide bonds. The highest BCUT2D eigenvalue weighted by molar-refractivity contribution is 5.79. The quantitative estimate of drug-likeness (QED) is 0.765. The maximum absolute atomic E-state index is 13.0. The fourth-order valence-electron chi connectivity index (χ4n) is 5.29. The van der Waals surface area contributed by atoms with Gasteiger partial charge in [0.05, 0.1) is 18.6 Å². The number of nitrogens with one attached hydrogen (secondary N) is 1. The number of amides is 1. The van der Waals surface area contributed by atoms with Crippen molar-refractivity contribution in [2.75, 3.05) is 38.5 Å². The Bertz CT molecular complexity index is 916. The molecule has 1 aliphatic heterocycles. The van der Waals surface area contributed by atoms with Gasteiger partial charge in [0.25, 0.3) is 0 Å². The van der Waals surface area contributed by atoms with Gasteiger partial charge in [0.2, 0.25) is 11.9 Å². The molecule has 2 saturated carbocycles. The molecule has 5 rings (SSSR count). The predicted molar refractivity (Wildman–Crippen MR) is 118 cm³/mol. The van der Waals surface area contributed by atoms with E-state index in [1.165, 1.54) is 0 Å². The van der Waals surface area contributed by atoms with E-state index in [9.17, 15) is 9.90 Å². The average molecular weight is 428 g/mol. The Morgan fingerprint density at radius 1 is 1.06 bits per heavy atom. The molecule has 9 heteroatoms. The van der Waals surface area contributed by atoms with Crippen LogP contribution in [0.1, 0.15) is 51.0 Å². The molecule has 0 spiro atoms. The molecule has 0 aromatic carbocycles. The number of likely N-dealkylation sites (N-methyl/N-ethyl adjacent to an activating group) is 1. The summed E-state index contributed by atoms with van der Waals surface area (Å²) >= 11 is 0. The number of hydrogen-bond donors (Lipinski definition) is 2. The topological polar surface area (TPSA) is 99.4 Å². The van der Waals surface area contributed by atoms with Crippen LogP contribution in [0.15, 0.2) is 12.5 Å². The van der Waals surface area contributed by atoms with Gasteiger partial charge in [-0.25, -0.2) is 9.97 Å². The van der Waals surface area contributed by atoms with E-state index in [0.29, 0.717) is 17.9 Å². The number of rotatable bonds is 4. The summed E-state index contributed by atoms with van der Waals surface area (Å²) in [7, 11) is 2.11. The summed E-state index contributed by atoms with van der Waals surface area (Å²) in [5.74, 6) is 1.04. The number of aliphatic hydroxyl groups excluding tert-OH is 1. The molecule has 168 valence electrons. The van der Waals surface area contributed by atoms with Crippen molar-refractivity contribution >= 4 is 23.0 Å². The Kier molecular flexibility index (Phi) is 5.79. The van der Waals surface area contributed by atoms with E-state index in [4.69, 9.17) is 4.98 Å². The maximum Gasteiger partial charge on any atom is 0.225 e. The van der Waals surface area contributed by atoms with Crippen LogP contribution in [0.3, 0.4) is 0 Å². The van der Waals surface area contributed by atoms with Gasteiger partial charge < -0.3 is 24.8 Å². The highest BCUT2D eigenvalue weighted by Gasteiger charge is 2.35. The van der Waals surface area contributed by atoms with Gasteiger partial charge in [0, 0.05) is 44.2 Å². The summed E-state index contributed by atoms with van der Waals surface area (Å²) in [6.45, 7) is 3.59. The fraction of sp³-hybridized carbons (Fsp3) is 0.727. The lowest BCUT2D eigenvalue weighted by atomic mass is 9.93. The smallest absolute Gasteiger partial charge is 0.225 e. The van der Waals surface area contributed by atoms with Crippen LogP contribution in [-0.2, 0) is 4.79 Å². The third-order valence-electron chi connectivity index (χ3n) is 7.31. The second-order valence-electron chi connectivity index (χ2n) is 9.50. The maximum atomic E-state index is 13.0. The number of aromatic nitrogens is 4. The van der Waals surface area contributed by atoms with Crippen molar-refractivity contribution in [1.29, 1.82) is 0 Å². The largest absolute Gasteiger partial charge is 0.393 e. The van der Waals surface area contributed by atoms with Crippen LogP contribution in [0.2, 0.25) is 0 Å². The Balaban J connectivity index is 1.26. The first-order valence-corrected chi connectivity index (χ1v) is 11.7. The zero-order valence-corrected chi connectivity index (χ0v) is 18.3. The summed E-state index contributed by atoms with van der Waals surface area (Å²) in [6, 6.07) is 0.549. The monoisotopic (exact) mass is 427 g/mol. The van der Waals surface area contributed by atoms with Crippen LogP contribution in [0.5, 0.6) is 0 Å². The number of aliphatic hydroxyl groups is 1. The zero-order valence-electron chi connectivity index (χ0n) is 18.3. The van der Waals surface area contributed by atoms with Crippen molar-refractivity contribution in [2.24, 2.45) is 5.92 Å². The molecule has 2 aromatic rings. The second-order valence-corrected chi connectivity index (χ2v) is 9.50. The first-order valence-electron chi connectivity index (χ1n) is 11.7. The third kappa shape index (κ3) is 4.39. The van der Waals surface area contributed by atoms with Gasteiger partial charge in [-0.1, -0.05) is 0 Å². The van der Waals surface area contributed by atoms with Crippen LogP contribution in [0.25, 0.3) is 11.2 Å². The minimum atomic E-state index is -0.174. The number of piperazine rings is 1. The second kappa shape index (κ2) is 8.70. The molecule has 2 aliphatic carbocycles. The first kappa shape index (κ1) is 20.6. The van der Waals surface area contributed by atoms with Gasteiger partial charge >= 0.3 is 0 Å². The van der Waals surface area contributed by atoms with Crippen LogP contribution in [-0.4, -0.2) is 85.7 Å². The number of fused-ring (bicyclic) bond motifs is 1. The fourth-order valence-corrected chi connectivity index (χ4v) is 5.29. The standard InChI is InChI=1S/C22H33N7O2/c1-27-8-10-28(11-9-27)21(31)15-2-5-17(12-15)29-14-24-19-13-23-22(26-20(19)29)25-16-3-6-18(30)7-4-16/h13-18,30H,2-12H2,1H3,(H,23,25,26)/t15-,16?,17+,18?/m1/s1. The first-order chi connectivity index (χ1) is 15.1. The summed E-state index contributed by atoms with van der Waals surface area (Å²) in [6.07, 6.45) is 9.72. The molecule has 3 fully saturated rings. The third-order valence-corrected chi connectivity index (χ3v) is 7.31. The molecule has 1 saturated heterocycles. The number of imidazole rings is 1. The number of nitrogens with zero attached hydrogens (tertiary/aromatic N) is 6. The summed E-state index contributed by atoms with van der Waals surface area (Å²) in [5, 5.41) is 13.2. The van der Waals surface area contributed by atoms with Crippen molar-refractivity contribution in [2.45, 2.75) is 63.1 Å². The molecular formula is C22H33N7O2. The van der Waals surface area contributed by atoms with Crippen molar-refractivity contribution in [1.82, 2.24) is 29.3 Å². The van der Waals surface area contributed by atoms with Gasteiger partial charge in [0.15, 0.2) is 5.65 Å². The highest BCUT2D eigenvalue weighted by atomic mass is 16.3. The Morgan fingerprint density at radius 2 is 1.84 bits per heavy atom. The molecule has 0 bridgehead atoms. The zero-order chi connectivity index (χ0) is 21.4. The SMILES string of the molecule is CN1CCN(C(=O)[C@@H]2CC[C@H](n3cnc4cnc(NC5CCC(O)CC5)nc43)C2)CC1. The highest BCUT2D eigenvalue weighted by Crippen LogP contribution is 2.37. The number of anilines is 1. The molecule has 0 unspecified atom stereocenters. The minimum Gasteiger partial charge on any atom is -0.393 e. The molecular weight excluding hydrogens is 394 g/mol. The van der Waals surface area contributed by atoms with Gasteiger partial charge in [-0.05, 0) is 52.0 Å². The van der Waals surface area contributed by atoms with E-state index in [-0.39, 0.29) is 18.1 Å². The van der Waals surface area contributed by atoms with Crippen molar-refractivity contribution in [3.8, 4) is 0 Å². The van der Waals surface area contributed by atoms with Gasteiger partial charge in [-0.15, -0.1) is 0 Å². The van der Waals surface area contributed by atoms with Crippen molar-refractivity contribution < 1.29 is 9.90 Å². The van der Waals surface area contributed by atoms with Crippen molar-refractivity contribution in [3.05, 3.63) is 12.5 Å². The van der Waals surface area contributed by atoms with Crippen LogP contribution < -0.4 is 5.32 Å². The molecule has 3 heterocycles. The molecule has 2 aromatic heterocycles. The molecule has 2 atom stereocenters. The minimum absolute atomic E-state index is 0.0963. The van der Waals surface area contributed by atoms with Gasteiger partial charge in [-0.2, -0.15) is 4.98 Å². The van der Waals surface area contributed by atoms with Gasteiger partial charge in [-0.3, -0.25) is 4.79 Å². The normalized spacial score (nSPS) is 30.1. The summed E-state index contributed by atoms with van der Waals surface area (Å²) in [4.78, 5) is 31.1. The van der Waals surface area contributed by atoms with E-state index >= 15 is 0 Å². The van der Waals surface area contributed by atoms with E-state index in [1.54, 1.807) is 6.20 Å². The van der Waals surface area contributed by atoms with E-state index in [0.717, 1.165) is 82.3 Å². The predicted octanol–water partition coefficient (Wildman–Crippen LogP) is 1.66. The number of carbonyl (C=O) groups excluding carboxylic acids is 1. The lowest BCUT2D eigenvalue weighted by molar-refractivity contribution is -0.137. The Labute approximate surface area is 182 Å². The van der Waals surface area contributed by atoms with Gasteiger partial charge in [0.1, 0.15) is 5.52 Å². The molecule has 9 nitrogen and oxygen atoms in total. The van der Waals surface area contributed by atoms with Crippen molar-refractivity contribution in [3.63, 3.8) is 0 Å². The lowest BCUT2D eigenvalue weighted by Gasteiger charge is -2.34. The average Bonchev–Trinajstić information content (AvgIpc) is 3.42. The molecule has 2 N–H and O–H groups in total. The van der Waals surface area contributed by atoms with Crippen LogP contribution >= 0.6 is 0 Å². The molecule has 3 aliphatic rings. The Morgan fingerprint density at radius 3 is 2.61 bits per heavy atom. The Hall–Kier alpha value is -2.26. The molecule has 31 heavy (non-hydrogen) atoms. The van der Waals surface area contributed by atoms with E-state index in [1.807, 2.05) is 11.2 Å².